The summed E-state index contributed by atoms with van der Waals surface area (Å²) in [7, 11) is 1.64. The summed E-state index contributed by atoms with van der Waals surface area (Å²) in [5, 5.41) is 0. The number of hydrogen-bond acceptors (Lipinski definition) is 3. The maximum Gasteiger partial charge on any atom is 0.228 e. The second-order valence-electron chi connectivity index (χ2n) is 4.24. The number of rotatable bonds is 3. The van der Waals surface area contributed by atoms with Crippen LogP contribution in [0.5, 0.6) is 5.75 Å². The van der Waals surface area contributed by atoms with Gasteiger partial charge >= 0.3 is 0 Å². The Kier molecular flexibility index (Phi) is 3.56. The second-order valence-corrected chi connectivity index (χ2v) is 4.96. The normalized spacial score (nSPS) is 10.5. The fourth-order valence-electron chi connectivity index (χ4n) is 1.93. The van der Waals surface area contributed by atoms with Crippen molar-refractivity contribution in [1.29, 1.82) is 0 Å². The van der Waals surface area contributed by atoms with E-state index in [9.17, 15) is 0 Å². The van der Waals surface area contributed by atoms with Crippen LogP contribution < -0.4 is 4.74 Å². The first-order chi connectivity index (χ1) is 9.78. The van der Waals surface area contributed by atoms with Crippen LogP contribution in [0.3, 0.4) is 0 Å². The molecule has 3 nitrogen and oxygen atoms in total. The van der Waals surface area contributed by atoms with Gasteiger partial charge in [0.15, 0.2) is 4.67 Å². The third kappa shape index (κ3) is 2.47. The number of nitrogens with zero attached hydrogens (tertiary/aromatic N) is 1. The third-order valence-corrected chi connectivity index (χ3v) is 3.51. The molecule has 0 atom stereocenters. The third-order valence-electron chi connectivity index (χ3n) is 2.97. The van der Waals surface area contributed by atoms with Crippen molar-refractivity contribution in [2.24, 2.45) is 0 Å². The second kappa shape index (κ2) is 5.51. The van der Waals surface area contributed by atoms with Crippen molar-refractivity contribution in [3.8, 4) is 28.5 Å². The Balaban J connectivity index is 2.00. The molecule has 1 aromatic heterocycles. The molecule has 0 aliphatic carbocycles. The maximum absolute atomic E-state index is 5.69. The van der Waals surface area contributed by atoms with E-state index < -0.39 is 0 Å². The van der Waals surface area contributed by atoms with Crippen LogP contribution in [0.2, 0.25) is 0 Å². The minimum atomic E-state index is 0.582. The van der Waals surface area contributed by atoms with E-state index in [0.717, 1.165) is 22.6 Å². The molecule has 3 rings (SSSR count). The Hall–Kier alpha value is -2.07. The highest BCUT2D eigenvalue weighted by atomic mass is 79.9. The molecule has 0 aliphatic heterocycles. The van der Waals surface area contributed by atoms with Crippen LogP contribution in [0.1, 0.15) is 0 Å². The zero-order chi connectivity index (χ0) is 13.9. The summed E-state index contributed by atoms with van der Waals surface area (Å²) < 4.78 is 11.5. The van der Waals surface area contributed by atoms with E-state index in [-0.39, 0.29) is 0 Å². The largest absolute Gasteiger partial charge is 0.497 e. The van der Waals surface area contributed by atoms with E-state index in [1.165, 1.54) is 0 Å². The highest BCUT2D eigenvalue weighted by Crippen LogP contribution is 2.32. The average molecular weight is 330 g/mol. The Morgan fingerprint density at radius 2 is 1.65 bits per heavy atom. The van der Waals surface area contributed by atoms with E-state index in [1.807, 2.05) is 54.6 Å². The standard InChI is InChI=1S/C16H12BrNO2/c1-19-13-9-7-12(8-10-13)16-18-14(15(17)20-16)11-5-3-2-4-6-11/h2-10H,1H3. The van der Waals surface area contributed by atoms with Crippen molar-refractivity contribution < 1.29 is 9.15 Å². The lowest BCUT2D eigenvalue weighted by Gasteiger charge is -1.99. The van der Waals surface area contributed by atoms with Gasteiger partial charge in [-0.1, -0.05) is 30.3 Å². The van der Waals surface area contributed by atoms with Gasteiger partial charge in [0.1, 0.15) is 11.4 Å². The van der Waals surface area contributed by atoms with Gasteiger partial charge in [-0.3, -0.25) is 0 Å². The number of aromatic nitrogens is 1. The molecule has 0 spiro atoms. The maximum atomic E-state index is 5.69. The van der Waals surface area contributed by atoms with Crippen LogP contribution in [-0.4, -0.2) is 12.1 Å². The van der Waals surface area contributed by atoms with Gasteiger partial charge < -0.3 is 9.15 Å². The number of oxazole rings is 1. The lowest BCUT2D eigenvalue weighted by Crippen LogP contribution is -1.83. The van der Waals surface area contributed by atoms with Crippen molar-refractivity contribution in [3.63, 3.8) is 0 Å². The summed E-state index contributed by atoms with van der Waals surface area (Å²) >= 11 is 3.43. The van der Waals surface area contributed by atoms with Gasteiger partial charge in [-0.05, 0) is 40.2 Å². The van der Waals surface area contributed by atoms with Gasteiger partial charge in [-0.2, -0.15) is 0 Å². The molecule has 0 aliphatic rings. The van der Waals surface area contributed by atoms with Gasteiger partial charge in [0, 0.05) is 11.1 Å². The number of benzene rings is 2. The lowest BCUT2D eigenvalue weighted by molar-refractivity contribution is 0.415. The van der Waals surface area contributed by atoms with E-state index in [2.05, 4.69) is 20.9 Å². The SMILES string of the molecule is COc1ccc(-c2nc(-c3ccccc3)c(Br)o2)cc1. The molecule has 1 heterocycles. The van der Waals surface area contributed by atoms with Crippen LogP contribution in [0.25, 0.3) is 22.7 Å². The van der Waals surface area contributed by atoms with Gasteiger partial charge in [0.25, 0.3) is 0 Å². The molecule has 0 unspecified atom stereocenters. The van der Waals surface area contributed by atoms with E-state index >= 15 is 0 Å². The molecule has 2 aromatic carbocycles. The number of ether oxygens (including phenoxy) is 1. The Morgan fingerprint density at radius 3 is 2.30 bits per heavy atom. The minimum Gasteiger partial charge on any atom is -0.497 e. The van der Waals surface area contributed by atoms with Gasteiger partial charge in [0.05, 0.1) is 7.11 Å². The molecule has 0 saturated heterocycles. The molecule has 0 amide bonds. The Morgan fingerprint density at radius 1 is 0.950 bits per heavy atom. The molecule has 0 fully saturated rings. The Bertz CT molecular complexity index is 705. The smallest absolute Gasteiger partial charge is 0.228 e. The van der Waals surface area contributed by atoms with Crippen molar-refractivity contribution >= 4 is 15.9 Å². The molecule has 0 bridgehead atoms. The van der Waals surface area contributed by atoms with E-state index in [4.69, 9.17) is 9.15 Å². The Labute approximate surface area is 125 Å². The monoisotopic (exact) mass is 329 g/mol. The number of hydrogen-bond donors (Lipinski definition) is 0. The molecule has 3 aromatic rings. The zero-order valence-corrected chi connectivity index (χ0v) is 12.4. The molecule has 100 valence electrons. The summed E-state index contributed by atoms with van der Waals surface area (Å²) in [6.45, 7) is 0. The van der Waals surface area contributed by atoms with E-state index in [1.54, 1.807) is 7.11 Å². The number of methoxy groups -OCH3 is 1. The highest BCUT2D eigenvalue weighted by Gasteiger charge is 2.14. The molecule has 0 N–H and O–H groups in total. The first-order valence-corrected chi connectivity index (χ1v) is 6.93. The predicted octanol–water partition coefficient (Wildman–Crippen LogP) is 4.78. The van der Waals surface area contributed by atoms with Crippen molar-refractivity contribution in [2.75, 3.05) is 7.11 Å². The van der Waals surface area contributed by atoms with Gasteiger partial charge in [-0.25, -0.2) is 4.98 Å². The molecule has 0 radical (unpaired) electrons. The van der Waals surface area contributed by atoms with Gasteiger partial charge in [-0.15, -0.1) is 0 Å². The predicted molar refractivity (Wildman–Crippen MR) is 81.6 cm³/mol. The fourth-order valence-corrected chi connectivity index (χ4v) is 2.40. The van der Waals surface area contributed by atoms with Crippen molar-refractivity contribution in [1.82, 2.24) is 4.98 Å². The molecular formula is C16H12BrNO2. The zero-order valence-electron chi connectivity index (χ0n) is 10.8. The quantitative estimate of drug-likeness (QED) is 0.693. The summed E-state index contributed by atoms with van der Waals surface area (Å²) in [6.07, 6.45) is 0. The van der Waals surface area contributed by atoms with Crippen LogP contribution in [0.15, 0.2) is 63.7 Å². The number of halogens is 1. The summed E-state index contributed by atoms with van der Waals surface area (Å²) in [6, 6.07) is 17.5. The topological polar surface area (TPSA) is 35.3 Å². The summed E-state index contributed by atoms with van der Waals surface area (Å²) in [5.74, 6) is 1.39. The van der Waals surface area contributed by atoms with Crippen LogP contribution in [0, 0.1) is 0 Å². The summed E-state index contributed by atoms with van der Waals surface area (Å²) in [4.78, 5) is 4.55. The van der Waals surface area contributed by atoms with E-state index in [0.29, 0.717) is 10.6 Å². The van der Waals surface area contributed by atoms with Gasteiger partial charge in [0.2, 0.25) is 5.89 Å². The van der Waals surface area contributed by atoms with Crippen LogP contribution >= 0.6 is 15.9 Å². The van der Waals surface area contributed by atoms with Crippen LogP contribution in [0.4, 0.5) is 0 Å². The van der Waals surface area contributed by atoms with Crippen LogP contribution in [-0.2, 0) is 0 Å². The highest BCUT2D eigenvalue weighted by molar-refractivity contribution is 9.10. The first-order valence-electron chi connectivity index (χ1n) is 6.14. The lowest BCUT2D eigenvalue weighted by atomic mass is 10.2. The molecule has 0 saturated carbocycles. The molecular weight excluding hydrogens is 318 g/mol. The summed E-state index contributed by atoms with van der Waals surface area (Å²) in [5.41, 5.74) is 2.73. The average Bonchev–Trinajstić information content (AvgIpc) is 2.90. The minimum absolute atomic E-state index is 0.582. The molecule has 20 heavy (non-hydrogen) atoms. The van der Waals surface area contributed by atoms with Crippen molar-refractivity contribution in [3.05, 3.63) is 59.3 Å². The van der Waals surface area contributed by atoms with Crippen molar-refractivity contribution in [2.45, 2.75) is 0 Å². The molecule has 4 heteroatoms. The first kappa shape index (κ1) is 12.9. The fraction of sp³-hybridized carbons (Fsp3) is 0.0625.